The van der Waals surface area contributed by atoms with Crippen LogP contribution in [0, 0.1) is 0 Å². The molecule has 0 saturated heterocycles. The Morgan fingerprint density at radius 3 is 2.61 bits per heavy atom. The first-order valence-electron chi connectivity index (χ1n) is 7.32. The highest BCUT2D eigenvalue weighted by Gasteiger charge is 2.05. The predicted molar refractivity (Wildman–Crippen MR) is 87.3 cm³/mol. The van der Waals surface area contributed by atoms with Gasteiger partial charge in [0, 0.05) is 43.1 Å². The molecule has 0 aliphatic rings. The van der Waals surface area contributed by atoms with Crippen LogP contribution in [0.2, 0.25) is 0 Å². The van der Waals surface area contributed by atoms with Crippen LogP contribution in [-0.4, -0.2) is 20.9 Å². The molecule has 0 unspecified atom stereocenters. The zero-order valence-corrected chi connectivity index (χ0v) is 12.5. The third kappa shape index (κ3) is 4.20. The summed E-state index contributed by atoms with van der Waals surface area (Å²) in [6, 6.07) is 11.4. The van der Waals surface area contributed by atoms with Crippen molar-refractivity contribution in [3.05, 3.63) is 78.5 Å². The summed E-state index contributed by atoms with van der Waals surface area (Å²) >= 11 is 0. The minimum Gasteiger partial charge on any atom is -0.352 e. The summed E-state index contributed by atoms with van der Waals surface area (Å²) in [5, 5.41) is 2.92. The van der Waals surface area contributed by atoms with Crippen LogP contribution in [0.5, 0.6) is 0 Å². The number of rotatable bonds is 5. The topological polar surface area (TPSA) is 67.8 Å². The number of aromatic nitrogens is 3. The van der Waals surface area contributed by atoms with Gasteiger partial charge in [0.2, 0.25) is 5.91 Å². The number of hydrogen-bond donors (Lipinski definition) is 1. The molecule has 114 valence electrons. The fourth-order valence-electron chi connectivity index (χ4n) is 2.22. The Kier molecular flexibility index (Phi) is 4.69. The van der Waals surface area contributed by atoms with Gasteiger partial charge in [0.1, 0.15) is 0 Å². The maximum Gasteiger partial charge on any atom is 0.224 e. The van der Waals surface area contributed by atoms with Crippen LogP contribution >= 0.6 is 0 Å². The predicted octanol–water partition coefficient (Wildman–Crippen LogP) is 2.40. The van der Waals surface area contributed by atoms with Crippen molar-refractivity contribution in [2.75, 3.05) is 0 Å². The zero-order chi connectivity index (χ0) is 15.9. The third-order valence-electron chi connectivity index (χ3n) is 3.38. The molecule has 0 bridgehead atoms. The van der Waals surface area contributed by atoms with Gasteiger partial charge in [-0.1, -0.05) is 6.07 Å². The lowest BCUT2D eigenvalue weighted by atomic mass is 10.1. The number of carbonyl (C=O) groups is 1. The van der Waals surface area contributed by atoms with Gasteiger partial charge in [0.25, 0.3) is 0 Å². The van der Waals surface area contributed by atoms with E-state index in [2.05, 4.69) is 20.3 Å². The lowest BCUT2D eigenvalue weighted by Gasteiger charge is -2.07. The minimum absolute atomic E-state index is 0.0275. The Balaban J connectivity index is 1.61. The van der Waals surface area contributed by atoms with Crippen molar-refractivity contribution in [3.8, 4) is 11.3 Å². The molecule has 3 aromatic rings. The van der Waals surface area contributed by atoms with Crippen molar-refractivity contribution < 1.29 is 4.79 Å². The minimum atomic E-state index is -0.0275. The van der Waals surface area contributed by atoms with Gasteiger partial charge in [0.15, 0.2) is 0 Å². The van der Waals surface area contributed by atoms with E-state index in [1.165, 1.54) is 0 Å². The van der Waals surface area contributed by atoms with E-state index >= 15 is 0 Å². The van der Waals surface area contributed by atoms with Crippen LogP contribution in [0.25, 0.3) is 11.3 Å². The van der Waals surface area contributed by atoms with E-state index in [0.29, 0.717) is 13.0 Å². The summed E-state index contributed by atoms with van der Waals surface area (Å²) in [6.45, 7) is 0.472. The van der Waals surface area contributed by atoms with E-state index in [1.54, 1.807) is 31.0 Å². The zero-order valence-electron chi connectivity index (χ0n) is 12.5. The second kappa shape index (κ2) is 7.26. The first-order valence-corrected chi connectivity index (χ1v) is 7.32. The van der Waals surface area contributed by atoms with E-state index in [0.717, 1.165) is 22.4 Å². The Morgan fingerprint density at radius 2 is 1.83 bits per heavy atom. The molecule has 0 saturated carbocycles. The first kappa shape index (κ1) is 14.8. The lowest BCUT2D eigenvalue weighted by molar-refractivity contribution is -0.120. The third-order valence-corrected chi connectivity index (χ3v) is 3.38. The molecule has 0 aromatic carbocycles. The monoisotopic (exact) mass is 304 g/mol. The van der Waals surface area contributed by atoms with E-state index in [-0.39, 0.29) is 5.91 Å². The number of carbonyl (C=O) groups excluding carboxylic acids is 1. The number of pyridine rings is 3. The van der Waals surface area contributed by atoms with Crippen LogP contribution in [0.15, 0.2) is 67.4 Å². The van der Waals surface area contributed by atoms with Gasteiger partial charge >= 0.3 is 0 Å². The van der Waals surface area contributed by atoms with E-state index < -0.39 is 0 Å². The molecule has 3 aromatic heterocycles. The molecule has 0 radical (unpaired) electrons. The summed E-state index contributed by atoms with van der Waals surface area (Å²) in [5.74, 6) is -0.0275. The average Bonchev–Trinajstić information content (AvgIpc) is 2.62. The van der Waals surface area contributed by atoms with Crippen LogP contribution in [-0.2, 0) is 17.8 Å². The maximum atomic E-state index is 12.0. The fraction of sp³-hybridized carbons (Fsp3) is 0.111. The normalized spacial score (nSPS) is 10.3. The molecule has 0 atom stereocenters. The molecule has 23 heavy (non-hydrogen) atoms. The molecule has 0 fully saturated rings. The highest BCUT2D eigenvalue weighted by Crippen LogP contribution is 2.16. The molecule has 3 heterocycles. The quantitative estimate of drug-likeness (QED) is 0.786. The molecule has 0 spiro atoms. The number of hydrogen-bond acceptors (Lipinski definition) is 4. The Bertz CT molecular complexity index is 775. The molecule has 1 amide bonds. The summed E-state index contributed by atoms with van der Waals surface area (Å²) < 4.78 is 0. The SMILES string of the molecule is O=C(Cc1cccnc1)NCc1ccnc(-c2ccncc2)c1. The van der Waals surface area contributed by atoms with Crippen LogP contribution < -0.4 is 5.32 Å². The molecule has 0 aliphatic heterocycles. The summed E-state index contributed by atoms with van der Waals surface area (Å²) in [5.41, 5.74) is 3.78. The second-order valence-electron chi connectivity index (χ2n) is 5.10. The van der Waals surface area contributed by atoms with Crippen molar-refractivity contribution in [1.82, 2.24) is 20.3 Å². The number of amides is 1. The Labute approximate surface area is 134 Å². The Morgan fingerprint density at radius 1 is 0.957 bits per heavy atom. The summed E-state index contributed by atoms with van der Waals surface area (Å²) in [4.78, 5) is 24.3. The van der Waals surface area contributed by atoms with Gasteiger partial charge in [-0.2, -0.15) is 0 Å². The standard InChI is InChI=1S/C18H16N4O/c23-18(11-14-2-1-6-20-12-14)22-13-15-3-9-21-17(10-15)16-4-7-19-8-5-16/h1-10,12H,11,13H2,(H,22,23). The molecular weight excluding hydrogens is 288 g/mol. The molecule has 3 rings (SSSR count). The molecule has 5 heteroatoms. The smallest absolute Gasteiger partial charge is 0.224 e. The van der Waals surface area contributed by atoms with E-state index in [1.807, 2.05) is 36.4 Å². The van der Waals surface area contributed by atoms with Gasteiger partial charge < -0.3 is 5.32 Å². The van der Waals surface area contributed by atoms with Gasteiger partial charge in [-0.05, 0) is 41.5 Å². The van der Waals surface area contributed by atoms with Gasteiger partial charge in [-0.15, -0.1) is 0 Å². The van der Waals surface area contributed by atoms with Crippen LogP contribution in [0.3, 0.4) is 0 Å². The molecule has 5 nitrogen and oxygen atoms in total. The largest absolute Gasteiger partial charge is 0.352 e. The van der Waals surface area contributed by atoms with Gasteiger partial charge in [-0.3, -0.25) is 19.7 Å². The average molecular weight is 304 g/mol. The van der Waals surface area contributed by atoms with Crippen molar-refractivity contribution >= 4 is 5.91 Å². The number of nitrogens with one attached hydrogen (secondary N) is 1. The number of nitrogens with zero attached hydrogens (tertiary/aromatic N) is 3. The second-order valence-corrected chi connectivity index (χ2v) is 5.10. The summed E-state index contributed by atoms with van der Waals surface area (Å²) in [7, 11) is 0. The van der Waals surface area contributed by atoms with Gasteiger partial charge in [-0.25, -0.2) is 0 Å². The molecule has 1 N–H and O–H groups in total. The lowest BCUT2D eigenvalue weighted by Crippen LogP contribution is -2.24. The van der Waals surface area contributed by atoms with Gasteiger partial charge in [0.05, 0.1) is 12.1 Å². The van der Waals surface area contributed by atoms with E-state index in [4.69, 9.17) is 0 Å². The summed E-state index contributed by atoms with van der Waals surface area (Å²) in [6.07, 6.45) is 8.94. The Hall–Kier alpha value is -3.08. The highest BCUT2D eigenvalue weighted by atomic mass is 16.1. The highest BCUT2D eigenvalue weighted by molar-refractivity contribution is 5.78. The maximum absolute atomic E-state index is 12.0. The molecule has 0 aliphatic carbocycles. The van der Waals surface area contributed by atoms with Crippen molar-refractivity contribution in [2.24, 2.45) is 0 Å². The van der Waals surface area contributed by atoms with Crippen LogP contribution in [0.1, 0.15) is 11.1 Å². The molecular formula is C18H16N4O. The van der Waals surface area contributed by atoms with Crippen molar-refractivity contribution in [2.45, 2.75) is 13.0 Å². The van der Waals surface area contributed by atoms with Crippen molar-refractivity contribution in [3.63, 3.8) is 0 Å². The first-order chi connectivity index (χ1) is 11.3. The fourth-order valence-corrected chi connectivity index (χ4v) is 2.22. The van der Waals surface area contributed by atoms with Crippen LogP contribution in [0.4, 0.5) is 0 Å². The van der Waals surface area contributed by atoms with Crippen molar-refractivity contribution in [1.29, 1.82) is 0 Å². The van der Waals surface area contributed by atoms with E-state index in [9.17, 15) is 4.79 Å².